The van der Waals surface area contributed by atoms with E-state index in [2.05, 4.69) is 4.98 Å². The minimum Gasteiger partial charge on any atom is -0.471 e. The molecule has 0 aliphatic heterocycles. The van der Waals surface area contributed by atoms with E-state index in [9.17, 15) is 8.78 Å². The van der Waals surface area contributed by atoms with E-state index >= 15 is 0 Å². The predicted molar refractivity (Wildman–Crippen MR) is 55.7 cm³/mol. The summed E-state index contributed by atoms with van der Waals surface area (Å²) in [4.78, 5) is 3.93. The number of aromatic nitrogens is 1. The van der Waals surface area contributed by atoms with Crippen LogP contribution in [0.5, 0.6) is 5.88 Å². The van der Waals surface area contributed by atoms with E-state index < -0.39 is 13.0 Å². The van der Waals surface area contributed by atoms with Gasteiger partial charge in [0.25, 0.3) is 6.43 Å². The lowest BCUT2D eigenvalue weighted by atomic mass is 10.0. The molecule has 0 aromatic carbocycles. The Morgan fingerprint density at radius 3 is 2.62 bits per heavy atom. The van der Waals surface area contributed by atoms with Crippen LogP contribution in [0.4, 0.5) is 8.78 Å². The van der Waals surface area contributed by atoms with E-state index in [0.29, 0.717) is 5.56 Å². The van der Waals surface area contributed by atoms with Crippen LogP contribution in [0.2, 0.25) is 0 Å². The molecule has 16 heavy (non-hydrogen) atoms. The Morgan fingerprint density at radius 2 is 2.12 bits per heavy atom. The molecule has 0 atom stereocenters. The summed E-state index contributed by atoms with van der Waals surface area (Å²) in [5, 5.41) is 8.95. The highest BCUT2D eigenvalue weighted by molar-refractivity contribution is 5.32. The third kappa shape index (κ3) is 3.41. The van der Waals surface area contributed by atoms with E-state index in [1.165, 1.54) is 6.20 Å². The zero-order valence-corrected chi connectivity index (χ0v) is 9.28. The van der Waals surface area contributed by atoms with Gasteiger partial charge in [-0.15, -0.1) is 0 Å². The van der Waals surface area contributed by atoms with E-state index in [4.69, 9.17) is 9.84 Å². The van der Waals surface area contributed by atoms with Crippen LogP contribution in [0, 0.1) is 0 Å². The summed E-state index contributed by atoms with van der Waals surface area (Å²) in [6.07, 6.45) is -1.09. The molecular formula is C11H15F2NO2. The quantitative estimate of drug-likeness (QED) is 0.845. The molecule has 1 heterocycles. The van der Waals surface area contributed by atoms with Crippen molar-refractivity contribution in [2.24, 2.45) is 0 Å². The topological polar surface area (TPSA) is 42.4 Å². The smallest absolute Gasteiger partial charge is 0.272 e. The normalized spacial score (nSPS) is 11.2. The van der Waals surface area contributed by atoms with Crippen molar-refractivity contribution in [3.8, 4) is 5.88 Å². The van der Waals surface area contributed by atoms with Gasteiger partial charge >= 0.3 is 0 Å². The number of aliphatic hydroxyl groups is 1. The van der Waals surface area contributed by atoms with Gasteiger partial charge < -0.3 is 9.84 Å². The number of ether oxygens (including phenoxy) is 1. The van der Waals surface area contributed by atoms with Crippen molar-refractivity contribution in [3.63, 3.8) is 0 Å². The predicted octanol–water partition coefficient (Wildman–Crippen LogP) is 2.34. The number of aliphatic hydroxyl groups excluding tert-OH is 1. The summed E-state index contributed by atoms with van der Waals surface area (Å²) in [5.41, 5.74) is 1.38. The van der Waals surface area contributed by atoms with Crippen LogP contribution in [0.15, 0.2) is 12.3 Å². The molecule has 0 aliphatic carbocycles. The second-order valence-corrected chi connectivity index (χ2v) is 3.75. The third-order valence-corrected chi connectivity index (χ3v) is 2.09. The molecule has 5 heteroatoms. The molecule has 0 bridgehead atoms. The van der Waals surface area contributed by atoms with Crippen LogP contribution in [0.1, 0.15) is 30.9 Å². The van der Waals surface area contributed by atoms with Gasteiger partial charge in [-0.1, -0.05) is 13.8 Å². The monoisotopic (exact) mass is 231 g/mol. The second-order valence-electron chi connectivity index (χ2n) is 3.75. The van der Waals surface area contributed by atoms with Gasteiger partial charge in [0.1, 0.15) is 0 Å². The third-order valence-electron chi connectivity index (χ3n) is 2.09. The molecule has 1 aromatic rings. The molecule has 0 saturated heterocycles. The number of hydrogen-bond donors (Lipinski definition) is 1. The maximum absolute atomic E-state index is 12.0. The highest BCUT2D eigenvalue weighted by atomic mass is 19.3. The molecule has 1 aromatic heterocycles. The first-order valence-electron chi connectivity index (χ1n) is 5.05. The van der Waals surface area contributed by atoms with Gasteiger partial charge in [-0.05, 0) is 17.5 Å². The molecule has 0 aliphatic rings. The Labute approximate surface area is 93.1 Å². The van der Waals surface area contributed by atoms with Crippen molar-refractivity contribution in [1.82, 2.24) is 4.98 Å². The summed E-state index contributed by atoms with van der Waals surface area (Å²) in [7, 11) is 0. The fourth-order valence-corrected chi connectivity index (χ4v) is 1.28. The van der Waals surface area contributed by atoms with Crippen LogP contribution in [0.25, 0.3) is 0 Å². The fourth-order valence-electron chi connectivity index (χ4n) is 1.28. The number of hydrogen-bond acceptors (Lipinski definition) is 3. The summed E-state index contributed by atoms with van der Waals surface area (Å²) in [6.45, 7) is 3.04. The first-order chi connectivity index (χ1) is 7.54. The van der Waals surface area contributed by atoms with Gasteiger partial charge in [0.2, 0.25) is 5.88 Å². The first kappa shape index (κ1) is 12.8. The van der Waals surface area contributed by atoms with Crippen molar-refractivity contribution in [2.45, 2.75) is 32.8 Å². The average Bonchev–Trinajstić information content (AvgIpc) is 2.25. The lowest BCUT2D eigenvalue weighted by Crippen LogP contribution is -2.10. The Morgan fingerprint density at radius 1 is 1.44 bits per heavy atom. The van der Waals surface area contributed by atoms with Crippen molar-refractivity contribution in [1.29, 1.82) is 0 Å². The highest BCUT2D eigenvalue weighted by Gasteiger charge is 2.12. The van der Waals surface area contributed by atoms with Crippen molar-refractivity contribution in [2.75, 3.05) is 6.61 Å². The van der Waals surface area contributed by atoms with E-state index in [1.54, 1.807) is 6.07 Å². The van der Waals surface area contributed by atoms with Crippen molar-refractivity contribution < 1.29 is 18.6 Å². The number of halogens is 2. The van der Waals surface area contributed by atoms with Crippen LogP contribution in [0.3, 0.4) is 0 Å². The summed E-state index contributed by atoms with van der Waals surface area (Å²) in [5.74, 6) is 0.319. The molecular weight excluding hydrogens is 216 g/mol. The summed E-state index contributed by atoms with van der Waals surface area (Å²) < 4.78 is 28.9. The van der Waals surface area contributed by atoms with E-state index in [1.807, 2.05) is 13.8 Å². The van der Waals surface area contributed by atoms with E-state index in [0.717, 1.165) is 5.56 Å². The SMILES string of the molecule is CC(C)c1cc(CO)cnc1OCC(F)F. The Bertz CT molecular complexity index is 343. The number of alkyl halides is 2. The number of rotatable bonds is 5. The average molecular weight is 231 g/mol. The first-order valence-corrected chi connectivity index (χ1v) is 5.05. The molecule has 0 unspecified atom stereocenters. The van der Waals surface area contributed by atoms with Crippen LogP contribution < -0.4 is 4.74 Å². The van der Waals surface area contributed by atoms with Gasteiger partial charge in [0, 0.05) is 11.8 Å². The van der Waals surface area contributed by atoms with Crippen LogP contribution in [-0.4, -0.2) is 23.1 Å². The molecule has 0 radical (unpaired) electrons. The largest absolute Gasteiger partial charge is 0.471 e. The Kier molecular flexibility index (Phi) is 4.61. The van der Waals surface area contributed by atoms with E-state index in [-0.39, 0.29) is 18.4 Å². The maximum Gasteiger partial charge on any atom is 0.272 e. The highest BCUT2D eigenvalue weighted by Crippen LogP contribution is 2.25. The maximum atomic E-state index is 12.0. The zero-order valence-electron chi connectivity index (χ0n) is 9.28. The standard InChI is InChI=1S/C11H15F2NO2/c1-7(2)9-3-8(5-15)4-14-11(9)16-6-10(12)13/h3-4,7,10,15H,5-6H2,1-2H3. The molecule has 3 nitrogen and oxygen atoms in total. The molecule has 0 saturated carbocycles. The van der Waals surface area contributed by atoms with Gasteiger partial charge in [-0.25, -0.2) is 13.8 Å². The van der Waals surface area contributed by atoms with Gasteiger partial charge in [-0.3, -0.25) is 0 Å². The van der Waals surface area contributed by atoms with Gasteiger partial charge in [-0.2, -0.15) is 0 Å². The Hall–Kier alpha value is -1.23. The molecule has 1 rings (SSSR count). The molecule has 0 spiro atoms. The second kappa shape index (κ2) is 5.75. The van der Waals surface area contributed by atoms with Crippen molar-refractivity contribution in [3.05, 3.63) is 23.4 Å². The van der Waals surface area contributed by atoms with Crippen LogP contribution in [-0.2, 0) is 6.61 Å². The lowest BCUT2D eigenvalue weighted by molar-refractivity contribution is 0.0788. The molecule has 90 valence electrons. The van der Waals surface area contributed by atoms with Gasteiger partial charge in [0.15, 0.2) is 6.61 Å². The number of pyridine rings is 1. The zero-order chi connectivity index (χ0) is 12.1. The molecule has 1 N–H and O–H groups in total. The molecule has 0 amide bonds. The minimum atomic E-state index is -2.51. The fraction of sp³-hybridized carbons (Fsp3) is 0.545. The Balaban J connectivity index is 2.89. The van der Waals surface area contributed by atoms with Gasteiger partial charge in [0.05, 0.1) is 6.61 Å². The minimum absolute atomic E-state index is 0.103. The summed E-state index contributed by atoms with van der Waals surface area (Å²) in [6, 6.07) is 1.72. The number of nitrogens with zero attached hydrogens (tertiary/aromatic N) is 1. The van der Waals surface area contributed by atoms with Crippen molar-refractivity contribution >= 4 is 0 Å². The van der Waals surface area contributed by atoms with Crippen LogP contribution >= 0.6 is 0 Å². The summed E-state index contributed by atoms with van der Waals surface area (Å²) >= 11 is 0. The lowest BCUT2D eigenvalue weighted by Gasteiger charge is -2.13. The molecule has 0 fully saturated rings.